The molecule has 0 aromatic carbocycles. The molecular formula is C10H11N5O3S. The lowest BCUT2D eigenvalue weighted by molar-refractivity contribution is -0.116. The second-order valence-corrected chi connectivity index (χ2v) is 4.64. The fourth-order valence-corrected chi connectivity index (χ4v) is 2.04. The summed E-state index contributed by atoms with van der Waals surface area (Å²) in [5.74, 6) is -0.262. The highest BCUT2D eigenvalue weighted by Gasteiger charge is 2.10. The van der Waals surface area contributed by atoms with Crippen molar-refractivity contribution in [2.75, 3.05) is 5.32 Å². The van der Waals surface area contributed by atoms with E-state index in [1.54, 1.807) is 6.92 Å². The van der Waals surface area contributed by atoms with E-state index >= 15 is 0 Å². The number of amides is 1. The van der Waals surface area contributed by atoms with Crippen LogP contribution in [0.15, 0.2) is 15.1 Å². The Morgan fingerprint density at radius 1 is 1.42 bits per heavy atom. The molecule has 0 bridgehead atoms. The van der Waals surface area contributed by atoms with Crippen molar-refractivity contribution < 1.29 is 4.79 Å². The van der Waals surface area contributed by atoms with Crippen molar-refractivity contribution in [3.8, 4) is 0 Å². The summed E-state index contributed by atoms with van der Waals surface area (Å²) in [4.78, 5) is 38.8. The molecule has 3 N–H and O–H groups in total. The fraction of sp³-hybridized carbons (Fsp3) is 0.300. The Balaban J connectivity index is 2.01. The van der Waals surface area contributed by atoms with Gasteiger partial charge in [-0.1, -0.05) is 11.3 Å². The van der Waals surface area contributed by atoms with Crippen LogP contribution >= 0.6 is 11.3 Å². The number of rotatable bonds is 4. The number of aromatic nitrogens is 4. The Bertz CT molecular complexity index is 688. The predicted octanol–water partition coefficient (Wildman–Crippen LogP) is -0.206. The van der Waals surface area contributed by atoms with Crippen molar-refractivity contribution in [3.05, 3.63) is 37.6 Å². The molecule has 2 aromatic rings. The summed E-state index contributed by atoms with van der Waals surface area (Å²) in [6, 6.07) is 0. The first-order valence-electron chi connectivity index (χ1n) is 5.44. The Morgan fingerprint density at radius 3 is 2.84 bits per heavy atom. The van der Waals surface area contributed by atoms with E-state index in [9.17, 15) is 14.4 Å². The van der Waals surface area contributed by atoms with Gasteiger partial charge in [-0.25, -0.2) is 4.79 Å². The molecule has 2 rings (SSSR count). The number of carbonyl (C=O) groups excluding carboxylic acids is 1. The molecule has 0 radical (unpaired) electrons. The third-order valence-corrected chi connectivity index (χ3v) is 3.07. The minimum atomic E-state index is -0.551. The van der Waals surface area contributed by atoms with Crippen molar-refractivity contribution in [1.29, 1.82) is 0 Å². The fourth-order valence-electron chi connectivity index (χ4n) is 1.57. The lowest BCUT2D eigenvalue weighted by Crippen LogP contribution is -2.27. The van der Waals surface area contributed by atoms with Gasteiger partial charge in [-0.05, 0) is 13.3 Å². The lowest BCUT2D eigenvalue weighted by Gasteiger charge is -2.03. The first-order valence-corrected chi connectivity index (χ1v) is 6.32. The van der Waals surface area contributed by atoms with Gasteiger partial charge in [-0.15, -0.1) is 10.2 Å². The zero-order valence-corrected chi connectivity index (χ0v) is 10.8. The van der Waals surface area contributed by atoms with Crippen molar-refractivity contribution in [2.24, 2.45) is 0 Å². The van der Waals surface area contributed by atoms with E-state index in [-0.39, 0.29) is 18.7 Å². The standard InChI is InChI=1S/C10H11N5O3S/c1-5-6(8(17)14-9(18)12-5)2-3-7(16)13-10-15-11-4-19-10/h4H,2-3H2,1H3,(H,13,15,16)(H2,12,14,17,18). The number of hydrogen-bond donors (Lipinski definition) is 3. The highest BCUT2D eigenvalue weighted by Crippen LogP contribution is 2.09. The normalized spacial score (nSPS) is 10.4. The number of aryl methyl sites for hydroxylation is 1. The zero-order chi connectivity index (χ0) is 13.8. The van der Waals surface area contributed by atoms with Gasteiger partial charge in [0.25, 0.3) is 5.56 Å². The van der Waals surface area contributed by atoms with E-state index in [4.69, 9.17) is 0 Å². The molecule has 100 valence electrons. The van der Waals surface area contributed by atoms with Gasteiger partial charge in [-0.2, -0.15) is 0 Å². The number of carbonyl (C=O) groups is 1. The molecule has 0 unspecified atom stereocenters. The summed E-state index contributed by atoms with van der Waals surface area (Å²) in [6.45, 7) is 1.62. The highest BCUT2D eigenvalue weighted by molar-refractivity contribution is 7.13. The quantitative estimate of drug-likeness (QED) is 0.716. The van der Waals surface area contributed by atoms with Gasteiger partial charge >= 0.3 is 5.69 Å². The monoisotopic (exact) mass is 281 g/mol. The average Bonchev–Trinajstić information content (AvgIpc) is 2.80. The minimum absolute atomic E-state index is 0.121. The van der Waals surface area contributed by atoms with Gasteiger partial charge in [-0.3, -0.25) is 14.6 Å². The molecule has 19 heavy (non-hydrogen) atoms. The Hall–Kier alpha value is -2.29. The van der Waals surface area contributed by atoms with E-state index in [0.29, 0.717) is 16.4 Å². The number of nitrogens with one attached hydrogen (secondary N) is 3. The van der Waals surface area contributed by atoms with E-state index in [1.165, 1.54) is 16.8 Å². The largest absolute Gasteiger partial charge is 0.325 e. The maximum absolute atomic E-state index is 11.6. The molecule has 1 amide bonds. The number of hydrogen-bond acceptors (Lipinski definition) is 6. The van der Waals surface area contributed by atoms with Crippen molar-refractivity contribution in [1.82, 2.24) is 20.2 Å². The summed E-state index contributed by atoms with van der Waals surface area (Å²) in [5, 5.41) is 10.2. The van der Waals surface area contributed by atoms with Crippen LogP contribution in [0.1, 0.15) is 17.7 Å². The topological polar surface area (TPSA) is 121 Å². The summed E-state index contributed by atoms with van der Waals surface area (Å²) in [5.41, 5.74) is 1.35. The van der Waals surface area contributed by atoms with E-state index in [0.717, 1.165) is 0 Å². The van der Waals surface area contributed by atoms with Crippen LogP contribution in [0, 0.1) is 6.92 Å². The molecule has 0 atom stereocenters. The van der Waals surface area contributed by atoms with E-state index < -0.39 is 11.2 Å². The van der Waals surface area contributed by atoms with Crippen molar-refractivity contribution >= 4 is 22.4 Å². The maximum Gasteiger partial charge on any atom is 0.325 e. The summed E-state index contributed by atoms with van der Waals surface area (Å²) < 4.78 is 0. The Labute approximate surface area is 110 Å². The first kappa shape index (κ1) is 13.1. The Morgan fingerprint density at radius 2 is 2.21 bits per heavy atom. The van der Waals surface area contributed by atoms with Crippen LogP contribution in [0.4, 0.5) is 5.13 Å². The molecule has 0 fully saturated rings. The SMILES string of the molecule is Cc1[nH]c(=O)[nH]c(=O)c1CCC(=O)Nc1nncs1. The number of H-pyrrole nitrogens is 2. The maximum atomic E-state index is 11.6. The highest BCUT2D eigenvalue weighted by atomic mass is 32.1. The summed E-state index contributed by atoms with van der Waals surface area (Å²) >= 11 is 1.21. The molecule has 0 aliphatic heterocycles. The lowest BCUT2D eigenvalue weighted by atomic mass is 10.1. The molecule has 8 nitrogen and oxygen atoms in total. The van der Waals surface area contributed by atoms with Crippen LogP contribution in [-0.4, -0.2) is 26.1 Å². The number of aromatic amines is 2. The van der Waals surface area contributed by atoms with E-state index in [2.05, 4.69) is 25.5 Å². The van der Waals surface area contributed by atoms with Crippen molar-refractivity contribution in [3.63, 3.8) is 0 Å². The van der Waals surface area contributed by atoms with Crippen LogP contribution in [0.25, 0.3) is 0 Å². The van der Waals surface area contributed by atoms with Crippen LogP contribution in [0.5, 0.6) is 0 Å². The first-order chi connectivity index (χ1) is 9.06. The van der Waals surface area contributed by atoms with Gasteiger partial charge in [0.05, 0.1) is 0 Å². The van der Waals surface area contributed by atoms with Gasteiger partial charge in [0, 0.05) is 17.7 Å². The van der Waals surface area contributed by atoms with Crippen LogP contribution in [-0.2, 0) is 11.2 Å². The molecule has 2 heterocycles. The third-order valence-electron chi connectivity index (χ3n) is 2.46. The predicted molar refractivity (Wildman–Crippen MR) is 69.3 cm³/mol. The molecule has 2 aromatic heterocycles. The molecule has 0 saturated carbocycles. The summed E-state index contributed by atoms with van der Waals surface area (Å²) in [6.07, 6.45) is 0.359. The van der Waals surface area contributed by atoms with Crippen LogP contribution in [0.2, 0.25) is 0 Å². The zero-order valence-electron chi connectivity index (χ0n) is 10.0. The number of nitrogens with zero attached hydrogens (tertiary/aromatic N) is 2. The van der Waals surface area contributed by atoms with Gasteiger partial charge < -0.3 is 10.3 Å². The van der Waals surface area contributed by atoms with Crippen molar-refractivity contribution in [2.45, 2.75) is 19.8 Å². The second kappa shape index (κ2) is 5.57. The number of anilines is 1. The van der Waals surface area contributed by atoms with E-state index in [1.807, 2.05) is 0 Å². The average molecular weight is 281 g/mol. The van der Waals surface area contributed by atoms with Crippen LogP contribution in [0.3, 0.4) is 0 Å². The Kier molecular flexibility index (Phi) is 3.85. The molecular weight excluding hydrogens is 270 g/mol. The van der Waals surface area contributed by atoms with Gasteiger partial charge in [0.2, 0.25) is 11.0 Å². The smallest absolute Gasteiger partial charge is 0.311 e. The van der Waals surface area contributed by atoms with Gasteiger partial charge in [0.1, 0.15) is 5.51 Å². The van der Waals surface area contributed by atoms with Crippen LogP contribution < -0.4 is 16.6 Å². The molecule has 0 spiro atoms. The molecule has 0 saturated heterocycles. The third kappa shape index (κ3) is 3.35. The van der Waals surface area contributed by atoms with Gasteiger partial charge in [0.15, 0.2) is 0 Å². The molecule has 0 aliphatic rings. The second-order valence-electron chi connectivity index (χ2n) is 3.80. The molecule has 9 heteroatoms. The molecule has 0 aliphatic carbocycles. The summed E-state index contributed by atoms with van der Waals surface area (Å²) in [7, 11) is 0. The minimum Gasteiger partial charge on any atom is -0.311 e.